The predicted octanol–water partition coefficient (Wildman–Crippen LogP) is 3.85. The molecule has 0 spiro atoms. The van der Waals surface area contributed by atoms with Crippen molar-refractivity contribution in [3.63, 3.8) is 0 Å². The molecule has 0 bridgehead atoms. The van der Waals surface area contributed by atoms with E-state index in [1.165, 1.54) is 30.5 Å². The van der Waals surface area contributed by atoms with Crippen LogP contribution in [-0.4, -0.2) is 17.3 Å². The second-order valence-corrected chi connectivity index (χ2v) is 4.34. The summed E-state index contributed by atoms with van der Waals surface area (Å²) in [5.74, 6) is -1.10. The molecule has 0 saturated heterocycles. The van der Waals surface area contributed by atoms with Crippen molar-refractivity contribution < 1.29 is 23.1 Å². The van der Waals surface area contributed by atoms with Gasteiger partial charge in [0.2, 0.25) is 0 Å². The Morgan fingerprint density at radius 2 is 1.73 bits per heavy atom. The molecule has 2 aromatic rings. The molecule has 0 aliphatic rings. The smallest absolute Gasteiger partial charge is 0.416 e. The van der Waals surface area contributed by atoms with Crippen LogP contribution in [0.3, 0.4) is 0 Å². The highest BCUT2D eigenvalue weighted by molar-refractivity contribution is 5.94. The molecule has 4 nitrogen and oxygen atoms in total. The van der Waals surface area contributed by atoms with Gasteiger partial charge in [-0.15, -0.1) is 0 Å². The second-order valence-electron chi connectivity index (χ2n) is 4.34. The highest BCUT2D eigenvalue weighted by Crippen LogP contribution is 2.28. The predicted molar refractivity (Wildman–Crippen MR) is 76.1 cm³/mol. The van der Waals surface area contributed by atoms with Gasteiger partial charge in [0.25, 0.3) is 0 Å². The number of carboxylic acids is 1. The molecular weight excluding hydrogens is 297 g/mol. The Hall–Kier alpha value is -2.83. The maximum absolute atomic E-state index is 12.4. The maximum atomic E-state index is 12.4. The highest BCUT2D eigenvalue weighted by atomic mass is 19.4. The van der Waals surface area contributed by atoms with E-state index in [-0.39, 0.29) is 11.3 Å². The molecule has 0 aliphatic carbocycles. The van der Waals surface area contributed by atoms with Gasteiger partial charge in [-0.1, -0.05) is 24.3 Å². The molecule has 0 atom stereocenters. The Bertz CT molecular complexity index is 695. The lowest BCUT2D eigenvalue weighted by atomic mass is 10.1. The van der Waals surface area contributed by atoms with Crippen LogP contribution < -0.4 is 5.43 Å². The first-order chi connectivity index (χ1) is 10.4. The average Bonchev–Trinajstić information content (AvgIpc) is 2.47. The van der Waals surface area contributed by atoms with Crippen LogP contribution in [0.15, 0.2) is 53.6 Å². The largest absolute Gasteiger partial charge is 0.478 e. The molecule has 0 aliphatic heterocycles. The summed E-state index contributed by atoms with van der Waals surface area (Å²) in [6, 6.07) is 10.6. The third-order valence-electron chi connectivity index (χ3n) is 2.79. The van der Waals surface area contributed by atoms with Crippen molar-refractivity contribution in [3.8, 4) is 0 Å². The molecule has 0 heterocycles. The van der Waals surface area contributed by atoms with Crippen LogP contribution in [0.5, 0.6) is 0 Å². The summed E-state index contributed by atoms with van der Waals surface area (Å²) in [4.78, 5) is 11.0. The maximum Gasteiger partial charge on any atom is 0.416 e. The Balaban J connectivity index is 2.09. The van der Waals surface area contributed by atoms with Crippen molar-refractivity contribution >= 4 is 17.9 Å². The number of aromatic carboxylic acids is 1. The van der Waals surface area contributed by atoms with E-state index in [1.807, 2.05) is 0 Å². The molecule has 0 radical (unpaired) electrons. The summed E-state index contributed by atoms with van der Waals surface area (Å²) in [5.41, 5.74) is 2.60. The van der Waals surface area contributed by atoms with E-state index in [0.717, 1.165) is 12.1 Å². The Labute approximate surface area is 123 Å². The summed E-state index contributed by atoms with van der Waals surface area (Å²) in [6.45, 7) is 0. The Morgan fingerprint density at radius 3 is 2.32 bits per heavy atom. The van der Waals surface area contributed by atoms with Crippen LogP contribution in [0.2, 0.25) is 0 Å². The second kappa shape index (κ2) is 6.30. The van der Waals surface area contributed by atoms with Gasteiger partial charge in [0.05, 0.1) is 23.0 Å². The first kappa shape index (κ1) is 15.6. The summed E-state index contributed by atoms with van der Waals surface area (Å²) < 4.78 is 37.2. The van der Waals surface area contributed by atoms with E-state index in [9.17, 15) is 18.0 Å². The Kier molecular flexibility index (Phi) is 4.45. The lowest BCUT2D eigenvalue weighted by Gasteiger charge is -2.06. The summed E-state index contributed by atoms with van der Waals surface area (Å²) in [6.07, 6.45) is -3.08. The number of para-hydroxylation sites is 1. The minimum Gasteiger partial charge on any atom is -0.478 e. The Morgan fingerprint density at radius 1 is 1.09 bits per heavy atom. The fourth-order valence-electron chi connectivity index (χ4n) is 1.70. The molecule has 0 aromatic heterocycles. The topological polar surface area (TPSA) is 61.7 Å². The number of carbonyl (C=O) groups is 1. The van der Waals surface area contributed by atoms with Crippen molar-refractivity contribution in [2.75, 3.05) is 5.43 Å². The number of nitrogens with zero attached hydrogens (tertiary/aromatic N) is 1. The number of alkyl halides is 3. The zero-order valence-electron chi connectivity index (χ0n) is 11.1. The van der Waals surface area contributed by atoms with Gasteiger partial charge in [0.1, 0.15) is 0 Å². The van der Waals surface area contributed by atoms with Crippen molar-refractivity contribution in [3.05, 3.63) is 65.2 Å². The SMILES string of the molecule is O=C(O)c1ccccc1NN=Cc1ccc(C(F)(F)F)cc1. The number of rotatable bonds is 4. The van der Waals surface area contributed by atoms with E-state index in [1.54, 1.807) is 12.1 Å². The van der Waals surface area contributed by atoms with Gasteiger partial charge < -0.3 is 5.11 Å². The lowest BCUT2D eigenvalue weighted by Crippen LogP contribution is -2.04. The van der Waals surface area contributed by atoms with Crippen LogP contribution in [0.25, 0.3) is 0 Å². The zero-order valence-corrected chi connectivity index (χ0v) is 11.1. The van der Waals surface area contributed by atoms with Crippen LogP contribution >= 0.6 is 0 Å². The van der Waals surface area contributed by atoms with Gasteiger partial charge in [-0.3, -0.25) is 5.43 Å². The number of hydrazone groups is 1. The first-order valence-electron chi connectivity index (χ1n) is 6.16. The summed E-state index contributed by atoms with van der Waals surface area (Å²) >= 11 is 0. The van der Waals surface area contributed by atoms with Crippen molar-refractivity contribution in [2.45, 2.75) is 6.18 Å². The van der Waals surface area contributed by atoms with E-state index in [0.29, 0.717) is 5.56 Å². The fourth-order valence-corrected chi connectivity index (χ4v) is 1.70. The van der Waals surface area contributed by atoms with Crippen LogP contribution in [0, 0.1) is 0 Å². The quantitative estimate of drug-likeness (QED) is 0.666. The van der Waals surface area contributed by atoms with E-state index < -0.39 is 17.7 Å². The van der Waals surface area contributed by atoms with Gasteiger partial charge in [-0.25, -0.2) is 4.79 Å². The summed E-state index contributed by atoms with van der Waals surface area (Å²) in [7, 11) is 0. The monoisotopic (exact) mass is 308 g/mol. The third-order valence-corrected chi connectivity index (χ3v) is 2.79. The fraction of sp³-hybridized carbons (Fsp3) is 0.0667. The zero-order chi connectivity index (χ0) is 16.2. The van der Waals surface area contributed by atoms with Crippen LogP contribution in [0.1, 0.15) is 21.5 Å². The highest BCUT2D eigenvalue weighted by Gasteiger charge is 2.29. The number of carboxylic acid groups (broad SMARTS) is 1. The number of hydrogen-bond donors (Lipinski definition) is 2. The molecule has 2 N–H and O–H groups in total. The summed E-state index contributed by atoms with van der Waals surface area (Å²) in [5, 5.41) is 12.8. The van der Waals surface area contributed by atoms with Crippen molar-refractivity contribution in [1.29, 1.82) is 0 Å². The number of halogens is 3. The first-order valence-corrected chi connectivity index (χ1v) is 6.16. The molecule has 114 valence electrons. The van der Waals surface area contributed by atoms with Crippen LogP contribution in [0.4, 0.5) is 18.9 Å². The van der Waals surface area contributed by atoms with E-state index in [2.05, 4.69) is 10.5 Å². The van der Waals surface area contributed by atoms with Crippen molar-refractivity contribution in [2.24, 2.45) is 5.10 Å². The van der Waals surface area contributed by atoms with Crippen LogP contribution in [-0.2, 0) is 6.18 Å². The number of anilines is 1. The van der Waals surface area contributed by atoms with E-state index >= 15 is 0 Å². The normalized spacial score (nSPS) is 11.6. The van der Waals surface area contributed by atoms with E-state index in [4.69, 9.17) is 5.11 Å². The number of nitrogens with one attached hydrogen (secondary N) is 1. The van der Waals surface area contributed by atoms with Gasteiger partial charge in [0, 0.05) is 0 Å². The van der Waals surface area contributed by atoms with Gasteiger partial charge in [-0.05, 0) is 29.8 Å². The standard InChI is InChI=1S/C15H11F3N2O2/c16-15(17,18)11-7-5-10(6-8-11)9-19-20-13-4-2-1-3-12(13)14(21)22/h1-9,20H,(H,21,22). The van der Waals surface area contributed by atoms with Gasteiger partial charge >= 0.3 is 12.1 Å². The molecule has 0 saturated carbocycles. The molecule has 0 amide bonds. The minimum absolute atomic E-state index is 0.0482. The molecule has 0 fully saturated rings. The third kappa shape index (κ3) is 3.85. The molecule has 0 unspecified atom stereocenters. The molecule has 22 heavy (non-hydrogen) atoms. The number of hydrogen-bond acceptors (Lipinski definition) is 3. The molecule has 2 aromatic carbocycles. The molecule has 2 rings (SSSR count). The number of benzene rings is 2. The van der Waals surface area contributed by atoms with Gasteiger partial charge in [-0.2, -0.15) is 18.3 Å². The minimum atomic E-state index is -4.38. The van der Waals surface area contributed by atoms with Crippen molar-refractivity contribution in [1.82, 2.24) is 0 Å². The van der Waals surface area contributed by atoms with Gasteiger partial charge in [0.15, 0.2) is 0 Å². The molecule has 7 heteroatoms. The molecular formula is C15H11F3N2O2. The lowest BCUT2D eigenvalue weighted by molar-refractivity contribution is -0.137. The average molecular weight is 308 g/mol.